The quantitative estimate of drug-likeness (QED) is 0.875. The fourth-order valence-corrected chi connectivity index (χ4v) is 3.25. The number of rotatable bonds is 5. The minimum atomic E-state index is -0.412. The van der Waals surface area contributed by atoms with E-state index in [9.17, 15) is 4.79 Å². The summed E-state index contributed by atoms with van der Waals surface area (Å²) in [5.74, 6) is -0.0929. The van der Waals surface area contributed by atoms with Crippen molar-refractivity contribution in [3.8, 4) is 0 Å². The molecule has 2 rings (SSSR count). The normalized spacial score (nSPS) is 26.5. The average Bonchev–Trinajstić information content (AvgIpc) is 2.49. The minimum Gasteiger partial charge on any atom is -0.375 e. The molecule has 0 bridgehead atoms. The van der Waals surface area contributed by atoms with Crippen molar-refractivity contribution in [3.05, 3.63) is 34.9 Å². The Balaban J connectivity index is 1.95. The lowest BCUT2D eigenvalue weighted by atomic mass is 9.74. The van der Waals surface area contributed by atoms with Gasteiger partial charge in [0.2, 0.25) is 5.91 Å². The number of nitrogens with one attached hydrogen (secondary N) is 1. The van der Waals surface area contributed by atoms with E-state index in [1.54, 1.807) is 7.11 Å². The highest BCUT2D eigenvalue weighted by Crippen LogP contribution is 2.31. The summed E-state index contributed by atoms with van der Waals surface area (Å²) in [7, 11) is 1.64. The number of carbonyl (C=O) groups is 1. The first kappa shape index (κ1) is 17.3. The molecular weight excluding hydrogens is 300 g/mol. The van der Waals surface area contributed by atoms with Crippen molar-refractivity contribution < 1.29 is 9.53 Å². The summed E-state index contributed by atoms with van der Waals surface area (Å²) in [4.78, 5) is 12.5. The Morgan fingerprint density at radius 3 is 2.73 bits per heavy atom. The summed E-state index contributed by atoms with van der Waals surface area (Å²) in [6, 6.07) is 7.47. The van der Waals surface area contributed by atoms with Gasteiger partial charge < -0.3 is 15.8 Å². The van der Waals surface area contributed by atoms with Crippen LogP contribution >= 0.6 is 11.6 Å². The van der Waals surface area contributed by atoms with Crippen molar-refractivity contribution in [2.24, 2.45) is 11.7 Å². The average molecular weight is 325 g/mol. The lowest BCUT2D eigenvalue weighted by molar-refractivity contribution is -0.128. The van der Waals surface area contributed by atoms with Gasteiger partial charge in [0.1, 0.15) is 0 Å². The fourth-order valence-electron chi connectivity index (χ4n) is 3.12. The van der Waals surface area contributed by atoms with E-state index in [0.717, 1.165) is 31.2 Å². The first-order chi connectivity index (χ1) is 10.4. The van der Waals surface area contributed by atoms with Gasteiger partial charge in [-0.3, -0.25) is 4.79 Å². The summed E-state index contributed by atoms with van der Waals surface area (Å²) < 4.78 is 5.48. The summed E-state index contributed by atoms with van der Waals surface area (Å²) in [6.07, 6.45) is 3.74. The van der Waals surface area contributed by atoms with E-state index in [-0.39, 0.29) is 17.9 Å². The standard InChI is InChI=1S/C17H25ClN2O2/c1-17(19)10-4-3-5-14(17)16(21)20-11-15(22-2)12-6-8-13(18)9-7-12/h6-9,14-15H,3-5,10-11,19H2,1-2H3,(H,20,21). The Kier molecular flexibility index (Phi) is 5.84. The number of nitrogens with two attached hydrogens (primary N) is 1. The van der Waals surface area contributed by atoms with Crippen LogP contribution in [-0.4, -0.2) is 25.1 Å². The molecule has 4 nitrogen and oxygen atoms in total. The molecule has 3 unspecified atom stereocenters. The Bertz CT molecular complexity index is 502. The molecule has 1 aliphatic carbocycles. The second kappa shape index (κ2) is 7.44. The second-order valence-corrected chi connectivity index (χ2v) is 6.76. The SMILES string of the molecule is COC(CNC(=O)C1CCCCC1(C)N)c1ccc(Cl)cc1. The first-order valence-electron chi connectivity index (χ1n) is 7.79. The summed E-state index contributed by atoms with van der Waals surface area (Å²) >= 11 is 5.90. The number of benzene rings is 1. The van der Waals surface area contributed by atoms with Crippen LogP contribution in [0.15, 0.2) is 24.3 Å². The molecule has 0 aromatic heterocycles. The third-order valence-corrected chi connectivity index (χ3v) is 4.81. The van der Waals surface area contributed by atoms with Crippen LogP contribution in [0.1, 0.15) is 44.3 Å². The minimum absolute atomic E-state index is 0.0284. The molecule has 122 valence electrons. The molecule has 0 radical (unpaired) electrons. The van der Waals surface area contributed by atoms with E-state index in [2.05, 4.69) is 5.32 Å². The van der Waals surface area contributed by atoms with Crippen molar-refractivity contribution >= 4 is 17.5 Å². The third-order valence-electron chi connectivity index (χ3n) is 4.56. The fraction of sp³-hybridized carbons (Fsp3) is 0.588. The molecule has 3 N–H and O–H groups in total. The number of halogens is 1. The predicted molar refractivity (Wildman–Crippen MR) is 88.8 cm³/mol. The Labute approximate surface area is 137 Å². The van der Waals surface area contributed by atoms with Crippen LogP contribution in [0, 0.1) is 5.92 Å². The summed E-state index contributed by atoms with van der Waals surface area (Å²) in [5, 5.41) is 3.68. The van der Waals surface area contributed by atoms with Crippen LogP contribution < -0.4 is 11.1 Å². The van der Waals surface area contributed by atoms with Gasteiger partial charge in [-0.2, -0.15) is 0 Å². The van der Waals surface area contributed by atoms with Crippen molar-refractivity contribution in [2.75, 3.05) is 13.7 Å². The van der Waals surface area contributed by atoms with Gasteiger partial charge in [-0.1, -0.05) is 36.6 Å². The van der Waals surface area contributed by atoms with Gasteiger partial charge in [-0.25, -0.2) is 0 Å². The highest BCUT2D eigenvalue weighted by Gasteiger charge is 2.37. The molecule has 5 heteroatoms. The van der Waals surface area contributed by atoms with Gasteiger partial charge >= 0.3 is 0 Å². The van der Waals surface area contributed by atoms with Crippen LogP contribution in [0.3, 0.4) is 0 Å². The van der Waals surface area contributed by atoms with E-state index in [1.807, 2.05) is 31.2 Å². The maximum Gasteiger partial charge on any atom is 0.225 e. The molecule has 0 saturated heterocycles. The Hall–Kier alpha value is -1.10. The summed E-state index contributed by atoms with van der Waals surface area (Å²) in [6.45, 7) is 2.41. The zero-order valence-corrected chi connectivity index (χ0v) is 14.0. The Morgan fingerprint density at radius 1 is 1.45 bits per heavy atom. The van der Waals surface area contributed by atoms with Gasteiger partial charge in [-0.05, 0) is 37.5 Å². The van der Waals surface area contributed by atoms with E-state index < -0.39 is 5.54 Å². The topological polar surface area (TPSA) is 64.3 Å². The molecule has 1 aromatic rings. The maximum atomic E-state index is 12.5. The molecule has 1 aliphatic rings. The van der Waals surface area contributed by atoms with E-state index in [4.69, 9.17) is 22.1 Å². The smallest absolute Gasteiger partial charge is 0.225 e. The molecule has 22 heavy (non-hydrogen) atoms. The zero-order valence-electron chi connectivity index (χ0n) is 13.3. The third kappa shape index (κ3) is 4.22. The van der Waals surface area contributed by atoms with Crippen molar-refractivity contribution in [3.63, 3.8) is 0 Å². The number of methoxy groups -OCH3 is 1. The van der Waals surface area contributed by atoms with Crippen LogP contribution in [0.5, 0.6) is 0 Å². The molecule has 1 aromatic carbocycles. The zero-order chi connectivity index (χ0) is 16.2. The Morgan fingerprint density at radius 2 is 2.14 bits per heavy atom. The van der Waals surface area contributed by atoms with Crippen molar-refractivity contribution in [1.29, 1.82) is 0 Å². The van der Waals surface area contributed by atoms with Crippen LogP contribution in [0.4, 0.5) is 0 Å². The van der Waals surface area contributed by atoms with Crippen LogP contribution in [0.25, 0.3) is 0 Å². The van der Waals surface area contributed by atoms with Gasteiger partial charge in [0.25, 0.3) is 0 Å². The van der Waals surface area contributed by atoms with Gasteiger partial charge in [-0.15, -0.1) is 0 Å². The number of carbonyl (C=O) groups excluding carboxylic acids is 1. The molecule has 3 atom stereocenters. The van der Waals surface area contributed by atoms with Gasteiger partial charge in [0.05, 0.1) is 12.0 Å². The molecule has 0 heterocycles. The first-order valence-corrected chi connectivity index (χ1v) is 8.16. The molecule has 1 amide bonds. The lowest BCUT2D eigenvalue weighted by Crippen LogP contribution is -2.53. The summed E-state index contributed by atoms with van der Waals surface area (Å²) in [5.41, 5.74) is 6.86. The largest absolute Gasteiger partial charge is 0.375 e. The molecule has 0 aliphatic heterocycles. The van der Waals surface area contributed by atoms with Crippen LogP contribution in [0.2, 0.25) is 5.02 Å². The number of ether oxygens (including phenoxy) is 1. The molecule has 1 saturated carbocycles. The van der Waals surface area contributed by atoms with Gasteiger partial charge in [0.15, 0.2) is 0 Å². The van der Waals surface area contributed by atoms with Gasteiger partial charge in [0, 0.05) is 24.2 Å². The van der Waals surface area contributed by atoms with Crippen LogP contribution in [-0.2, 0) is 9.53 Å². The highest BCUT2D eigenvalue weighted by atomic mass is 35.5. The molecular formula is C17H25ClN2O2. The number of amides is 1. The van der Waals surface area contributed by atoms with E-state index >= 15 is 0 Å². The number of hydrogen-bond donors (Lipinski definition) is 2. The molecule has 1 fully saturated rings. The maximum absolute atomic E-state index is 12.5. The lowest BCUT2D eigenvalue weighted by Gasteiger charge is -2.37. The predicted octanol–water partition coefficient (Wildman–Crippen LogP) is 3.05. The highest BCUT2D eigenvalue weighted by molar-refractivity contribution is 6.30. The van der Waals surface area contributed by atoms with E-state index in [1.165, 1.54) is 0 Å². The monoisotopic (exact) mass is 324 g/mol. The second-order valence-electron chi connectivity index (χ2n) is 6.33. The van der Waals surface area contributed by atoms with Crippen molar-refractivity contribution in [2.45, 2.75) is 44.2 Å². The van der Waals surface area contributed by atoms with E-state index in [0.29, 0.717) is 11.6 Å². The van der Waals surface area contributed by atoms with Crippen molar-refractivity contribution in [1.82, 2.24) is 5.32 Å². The number of hydrogen-bond acceptors (Lipinski definition) is 3. The molecule has 0 spiro atoms.